The number of rotatable bonds is 1. The first kappa shape index (κ1) is 9.79. The van der Waals surface area contributed by atoms with Gasteiger partial charge in [0.2, 0.25) is 0 Å². The number of carbonyl (C=O) groups excluding carboxylic acids is 1. The number of fused-ring (bicyclic) bond motifs is 1. The molecule has 0 amide bonds. The summed E-state index contributed by atoms with van der Waals surface area (Å²) in [6, 6.07) is 9.94. The molecule has 0 radical (unpaired) electrons. The molecule has 2 aliphatic rings. The van der Waals surface area contributed by atoms with Crippen LogP contribution in [0.3, 0.4) is 0 Å². The van der Waals surface area contributed by atoms with Crippen LogP contribution in [0.1, 0.15) is 18.9 Å². The standard InChI is InChI=1S/C14H14O2/c1-9-13-11(8-16-9)7-12(15)14(13)10-5-3-2-4-6-10/h2-6,9,11H,7-8H2,1H3. The van der Waals surface area contributed by atoms with E-state index in [4.69, 9.17) is 4.74 Å². The lowest BCUT2D eigenvalue weighted by Gasteiger charge is -2.08. The number of benzene rings is 1. The molecule has 0 aromatic heterocycles. The molecule has 2 nitrogen and oxygen atoms in total. The first-order chi connectivity index (χ1) is 7.77. The molecule has 1 heterocycles. The summed E-state index contributed by atoms with van der Waals surface area (Å²) in [5.74, 6) is 0.610. The third-order valence-electron chi connectivity index (χ3n) is 3.49. The maximum atomic E-state index is 12.0. The van der Waals surface area contributed by atoms with Gasteiger partial charge < -0.3 is 4.74 Å². The molecule has 3 rings (SSSR count). The Balaban J connectivity index is 2.14. The van der Waals surface area contributed by atoms with Gasteiger partial charge in [0.25, 0.3) is 0 Å². The first-order valence-electron chi connectivity index (χ1n) is 5.71. The molecule has 1 aromatic carbocycles. The fourth-order valence-electron chi connectivity index (χ4n) is 2.77. The van der Waals surface area contributed by atoms with Gasteiger partial charge in [-0.15, -0.1) is 0 Å². The van der Waals surface area contributed by atoms with Gasteiger partial charge >= 0.3 is 0 Å². The second kappa shape index (κ2) is 3.56. The number of hydrogen-bond donors (Lipinski definition) is 0. The normalized spacial score (nSPS) is 28.7. The molecule has 1 saturated heterocycles. The van der Waals surface area contributed by atoms with Crippen molar-refractivity contribution in [2.75, 3.05) is 6.61 Å². The number of carbonyl (C=O) groups is 1. The van der Waals surface area contributed by atoms with E-state index in [0.29, 0.717) is 18.9 Å². The van der Waals surface area contributed by atoms with Gasteiger partial charge in [0, 0.05) is 17.9 Å². The van der Waals surface area contributed by atoms with Crippen LogP contribution < -0.4 is 0 Å². The lowest BCUT2D eigenvalue weighted by Crippen LogP contribution is -2.05. The van der Waals surface area contributed by atoms with Crippen LogP contribution >= 0.6 is 0 Å². The zero-order valence-corrected chi connectivity index (χ0v) is 9.27. The quantitative estimate of drug-likeness (QED) is 0.717. The monoisotopic (exact) mass is 214 g/mol. The number of ether oxygens (including phenoxy) is 1. The molecule has 1 aliphatic heterocycles. The molecular weight excluding hydrogens is 200 g/mol. The zero-order chi connectivity index (χ0) is 11.1. The molecule has 16 heavy (non-hydrogen) atoms. The average Bonchev–Trinajstić information content (AvgIpc) is 2.80. The molecule has 1 aromatic rings. The third-order valence-corrected chi connectivity index (χ3v) is 3.49. The Morgan fingerprint density at radius 2 is 2.00 bits per heavy atom. The molecule has 2 heteroatoms. The summed E-state index contributed by atoms with van der Waals surface area (Å²) in [6.07, 6.45) is 0.732. The first-order valence-corrected chi connectivity index (χ1v) is 5.71. The highest BCUT2D eigenvalue weighted by atomic mass is 16.5. The van der Waals surface area contributed by atoms with Crippen molar-refractivity contribution in [3.63, 3.8) is 0 Å². The van der Waals surface area contributed by atoms with Crippen molar-refractivity contribution in [2.24, 2.45) is 5.92 Å². The van der Waals surface area contributed by atoms with Crippen molar-refractivity contribution in [3.05, 3.63) is 41.5 Å². The Morgan fingerprint density at radius 1 is 1.25 bits per heavy atom. The SMILES string of the molecule is CC1OCC2CC(=O)C(c3ccccc3)=C21. The van der Waals surface area contributed by atoms with Crippen LogP contribution in [0.15, 0.2) is 35.9 Å². The Kier molecular flexibility index (Phi) is 2.18. The molecule has 2 atom stereocenters. The minimum absolute atomic E-state index is 0.103. The van der Waals surface area contributed by atoms with E-state index >= 15 is 0 Å². The maximum Gasteiger partial charge on any atom is 0.164 e. The summed E-state index contributed by atoms with van der Waals surface area (Å²) >= 11 is 0. The predicted molar refractivity (Wildman–Crippen MR) is 61.9 cm³/mol. The Bertz CT molecular complexity index is 459. The van der Waals surface area contributed by atoms with Crippen LogP contribution in [0.25, 0.3) is 5.57 Å². The molecule has 0 spiro atoms. The molecule has 0 bridgehead atoms. The van der Waals surface area contributed by atoms with Gasteiger partial charge in [-0.1, -0.05) is 30.3 Å². The van der Waals surface area contributed by atoms with Crippen LogP contribution in [0, 0.1) is 5.92 Å². The Labute approximate surface area is 94.9 Å². The number of ketones is 1. The van der Waals surface area contributed by atoms with E-state index in [1.807, 2.05) is 37.3 Å². The van der Waals surface area contributed by atoms with E-state index in [1.165, 1.54) is 5.57 Å². The van der Waals surface area contributed by atoms with Crippen molar-refractivity contribution in [1.29, 1.82) is 0 Å². The van der Waals surface area contributed by atoms with E-state index in [9.17, 15) is 4.79 Å². The average molecular weight is 214 g/mol. The van der Waals surface area contributed by atoms with Gasteiger partial charge in [0.05, 0.1) is 12.7 Å². The van der Waals surface area contributed by atoms with Crippen molar-refractivity contribution in [1.82, 2.24) is 0 Å². The minimum Gasteiger partial charge on any atom is -0.373 e. The van der Waals surface area contributed by atoms with Gasteiger partial charge in [0.15, 0.2) is 5.78 Å². The van der Waals surface area contributed by atoms with Crippen LogP contribution in [-0.4, -0.2) is 18.5 Å². The largest absolute Gasteiger partial charge is 0.373 e. The van der Waals surface area contributed by atoms with Crippen molar-refractivity contribution >= 4 is 11.4 Å². The van der Waals surface area contributed by atoms with Crippen molar-refractivity contribution in [3.8, 4) is 0 Å². The van der Waals surface area contributed by atoms with Crippen LogP contribution in [0.2, 0.25) is 0 Å². The Morgan fingerprint density at radius 3 is 2.75 bits per heavy atom. The fraction of sp³-hybridized carbons (Fsp3) is 0.357. The second-order valence-electron chi connectivity index (χ2n) is 4.50. The van der Waals surface area contributed by atoms with E-state index < -0.39 is 0 Å². The molecule has 1 aliphatic carbocycles. The predicted octanol–water partition coefficient (Wildman–Crippen LogP) is 2.45. The topological polar surface area (TPSA) is 26.3 Å². The van der Waals surface area contributed by atoms with E-state index in [0.717, 1.165) is 11.1 Å². The van der Waals surface area contributed by atoms with Crippen LogP contribution in [0.5, 0.6) is 0 Å². The summed E-state index contributed by atoms with van der Waals surface area (Å²) in [7, 11) is 0. The van der Waals surface area contributed by atoms with Crippen molar-refractivity contribution < 1.29 is 9.53 Å². The zero-order valence-electron chi connectivity index (χ0n) is 9.27. The molecule has 2 unspecified atom stereocenters. The van der Waals surface area contributed by atoms with E-state index in [2.05, 4.69) is 0 Å². The highest BCUT2D eigenvalue weighted by Crippen LogP contribution is 2.42. The van der Waals surface area contributed by atoms with E-state index in [1.54, 1.807) is 0 Å². The van der Waals surface area contributed by atoms with Gasteiger partial charge in [-0.25, -0.2) is 0 Å². The fourth-order valence-corrected chi connectivity index (χ4v) is 2.77. The number of allylic oxidation sites excluding steroid dienone is 1. The molecule has 1 fully saturated rings. The molecule has 82 valence electrons. The van der Waals surface area contributed by atoms with Gasteiger partial charge in [-0.3, -0.25) is 4.79 Å². The van der Waals surface area contributed by atoms with E-state index in [-0.39, 0.29) is 11.9 Å². The number of hydrogen-bond acceptors (Lipinski definition) is 2. The number of Topliss-reactive ketones (excluding diaryl/α,β-unsaturated/α-hetero) is 1. The smallest absolute Gasteiger partial charge is 0.164 e. The summed E-state index contributed by atoms with van der Waals surface area (Å²) in [5.41, 5.74) is 3.18. The lowest BCUT2D eigenvalue weighted by molar-refractivity contribution is -0.113. The van der Waals surface area contributed by atoms with Gasteiger partial charge in [-0.2, -0.15) is 0 Å². The summed E-state index contributed by atoms with van der Waals surface area (Å²) in [5, 5.41) is 0. The summed E-state index contributed by atoms with van der Waals surface area (Å²) in [4.78, 5) is 12.0. The second-order valence-corrected chi connectivity index (χ2v) is 4.50. The van der Waals surface area contributed by atoms with Gasteiger partial charge in [0.1, 0.15) is 0 Å². The Hall–Kier alpha value is -1.41. The highest BCUT2D eigenvalue weighted by Gasteiger charge is 2.40. The molecular formula is C14H14O2. The van der Waals surface area contributed by atoms with Crippen LogP contribution in [-0.2, 0) is 9.53 Å². The minimum atomic E-state index is 0.103. The maximum absolute atomic E-state index is 12.0. The van der Waals surface area contributed by atoms with Crippen molar-refractivity contribution in [2.45, 2.75) is 19.4 Å². The summed E-state index contributed by atoms with van der Waals surface area (Å²) in [6.45, 7) is 2.75. The molecule has 0 saturated carbocycles. The third kappa shape index (κ3) is 1.34. The highest BCUT2D eigenvalue weighted by molar-refractivity contribution is 6.24. The van der Waals surface area contributed by atoms with Gasteiger partial charge in [-0.05, 0) is 18.1 Å². The van der Waals surface area contributed by atoms with Crippen LogP contribution in [0.4, 0.5) is 0 Å². The summed E-state index contributed by atoms with van der Waals surface area (Å²) < 4.78 is 5.61. The molecule has 0 N–H and O–H groups in total. The lowest BCUT2D eigenvalue weighted by atomic mass is 9.97.